The molecule has 20 heavy (non-hydrogen) atoms. The predicted octanol–water partition coefficient (Wildman–Crippen LogP) is 1.52. The van der Waals surface area contributed by atoms with Crippen molar-refractivity contribution in [2.45, 2.75) is 38.8 Å². The number of carbonyl (C=O) groups is 1. The Kier molecular flexibility index (Phi) is 5.20. The van der Waals surface area contributed by atoms with Crippen LogP contribution in [0.15, 0.2) is 22.8 Å². The molecule has 1 saturated heterocycles. The fourth-order valence-corrected chi connectivity index (χ4v) is 2.56. The number of nitrogens with one attached hydrogen (secondary N) is 1. The minimum Gasteiger partial charge on any atom is -0.468 e. The summed E-state index contributed by atoms with van der Waals surface area (Å²) in [5, 5.41) is 2.96. The van der Waals surface area contributed by atoms with E-state index in [-0.39, 0.29) is 17.9 Å². The summed E-state index contributed by atoms with van der Waals surface area (Å²) in [6.07, 6.45) is 4.09. The van der Waals surface area contributed by atoms with Crippen molar-refractivity contribution in [1.29, 1.82) is 0 Å². The molecule has 1 aromatic heterocycles. The Bertz CT molecular complexity index is 411. The van der Waals surface area contributed by atoms with Gasteiger partial charge >= 0.3 is 0 Å². The topological polar surface area (TPSA) is 71.5 Å². The van der Waals surface area contributed by atoms with Gasteiger partial charge in [-0.15, -0.1) is 0 Å². The number of rotatable bonds is 6. The second-order valence-corrected chi connectivity index (χ2v) is 5.79. The molecule has 1 aromatic rings. The number of nitrogens with zero attached hydrogens (tertiary/aromatic N) is 1. The van der Waals surface area contributed by atoms with Crippen LogP contribution in [-0.4, -0.2) is 36.5 Å². The molecule has 2 atom stereocenters. The molecule has 112 valence electrons. The van der Waals surface area contributed by atoms with E-state index in [0.717, 1.165) is 18.8 Å². The molecule has 1 aliphatic rings. The first-order valence-corrected chi connectivity index (χ1v) is 7.40. The first kappa shape index (κ1) is 15.1. The SMILES string of the molecule is CC(C)[C@H](N)C(=O)NCC(c1ccco1)N1CCCC1. The third-order valence-electron chi connectivity index (χ3n) is 3.94. The number of nitrogens with two attached hydrogens (primary N) is 1. The lowest BCUT2D eigenvalue weighted by Gasteiger charge is -2.26. The average molecular weight is 279 g/mol. The van der Waals surface area contributed by atoms with Gasteiger partial charge in [0, 0.05) is 6.54 Å². The van der Waals surface area contributed by atoms with Crippen LogP contribution in [0.4, 0.5) is 0 Å². The third kappa shape index (κ3) is 3.61. The highest BCUT2D eigenvalue weighted by Crippen LogP contribution is 2.24. The Morgan fingerprint density at radius 3 is 2.70 bits per heavy atom. The largest absolute Gasteiger partial charge is 0.468 e. The van der Waals surface area contributed by atoms with E-state index in [1.165, 1.54) is 12.8 Å². The Morgan fingerprint density at radius 1 is 1.45 bits per heavy atom. The summed E-state index contributed by atoms with van der Waals surface area (Å²) in [5.74, 6) is 0.963. The van der Waals surface area contributed by atoms with Crippen molar-refractivity contribution in [3.05, 3.63) is 24.2 Å². The van der Waals surface area contributed by atoms with Crippen molar-refractivity contribution < 1.29 is 9.21 Å². The number of hydrogen-bond donors (Lipinski definition) is 2. The molecule has 0 radical (unpaired) electrons. The average Bonchev–Trinajstić information content (AvgIpc) is 3.10. The number of hydrogen-bond acceptors (Lipinski definition) is 4. The van der Waals surface area contributed by atoms with E-state index in [9.17, 15) is 4.79 Å². The van der Waals surface area contributed by atoms with Crippen molar-refractivity contribution in [1.82, 2.24) is 10.2 Å². The molecule has 1 aliphatic heterocycles. The summed E-state index contributed by atoms with van der Waals surface area (Å²) >= 11 is 0. The molecular weight excluding hydrogens is 254 g/mol. The van der Waals surface area contributed by atoms with Gasteiger partial charge in [0.1, 0.15) is 5.76 Å². The predicted molar refractivity (Wildman–Crippen MR) is 78.1 cm³/mol. The second-order valence-electron chi connectivity index (χ2n) is 5.79. The summed E-state index contributed by atoms with van der Waals surface area (Å²) in [5.41, 5.74) is 5.87. The number of furan rings is 1. The highest BCUT2D eigenvalue weighted by molar-refractivity contribution is 5.81. The van der Waals surface area contributed by atoms with Crippen LogP contribution in [0, 0.1) is 5.92 Å². The summed E-state index contributed by atoms with van der Waals surface area (Å²) in [6.45, 7) is 6.56. The van der Waals surface area contributed by atoms with Crippen LogP contribution in [0.5, 0.6) is 0 Å². The normalized spacial score (nSPS) is 19.2. The zero-order valence-corrected chi connectivity index (χ0v) is 12.3. The molecule has 1 amide bonds. The Morgan fingerprint density at radius 2 is 2.15 bits per heavy atom. The highest BCUT2D eigenvalue weighted by Gasteiger charge is 2.27. The van der Waals surface area contributed by atoms with Gasteiger partial charge in [-0.2, -0.15) is 0 Å². The number of carbonyl (C=O) groups excluding carboxylic acids is 1. The minimum absolute atomic E-state index is 0.0873. The molecule has 5 nitrogen and oxygen atoms in total. The van der Waals surface area contributed by atoms with Gasteiger partial charge in [0.2, 0.25) is 5.91 Å². The van der Waals surface area contributed by atoms with E-state index < -0.39 is 6.04 Å². The number of amides is 1. The van der Waals surface area contributed by atoms with Gasteiger partial charge in [0.05, 0.1) is 18.3 Å². The minimum atomic E-state index is -0.453. The van der Waals surface area contributed by atoms with Crippen LogP contribution in [0.1, 0.15) is 38.5 Å². The van der Waals surface area contributed by atoms with Crippen molar-refractivity contribution in [3.63, 3.8) is 0 Å². The van der Waals surface area contributed by atoms with E-state index in [1.807, 2.05) is 26.0 Å². The van der Waals surface area contributed by atoms with Gasteiger partial charge in [-0.05, 0) is 44.0 Å². The van der Waals surface area contributed by atoms with Crippen molar-refractivity contribution >= 4 is 5.91 Å². The standard InChI is InChI=1S/C15H25N3O2/c1-11(2)14(16)15(19)17-10-12(13-6-5-9-20-13)18-7-3-4-8-18/h5-6,9,11-12,14H,3-4,7-8,10,16H2,1-2H3,(H,17,19)/t12?,14-/m0/s1. The molecule has 0 aliphatic carbocycles. The maximum atomic E-state index is 12.0. The highest BCUT2D eigenvalue weighted by atomic mass is 16.3. The van der Waals surface area contributed by atoms with Crippen molar-refractivity contribution in [3.8, 4) is 0 Å². The fraction of sp³-hybridized carbons (Fsp3) is 0.667. The Balaban J connectivity index is 1.96. The molecule has 0 spiro atoms. The fourth-order valence-electron chi connectivity index (χ4n) is 2.56. The van der Waals surface area contributed by atoms with E-state index in [0.29, 0.717) is 6.54 Å². The maximum absolute atomic E-state index is 12.0. The van der Waals surface area contributed by atoms with Crippen LogP contribution in [-0.2, 0) is 4.79 Å². The van der Waals surface area contributed by atoms with Crippen LogP contribution in [0.25, 0.3) is 0 Å². The molecule has 5 heteroatoms. The van der Waals surface area contributed by atoms with Crippen molar-refractivity contribution in [2.24, 2.45) is 11.7 Å². The van der Waals surface area contributed by atoms with Crippen LogP contribution in [0.2, 0.25) is 0 Å². The second kappa shape index (κ2) is 6.90. The molecule has 1 unspecified atom stereocenters. The molecular formula is C15H25N3O2. The Labute approximate surface area is 120 Å². The third-order valence-corrected chi connectivity index (χ3v) is 3.94. The van der Waals surface area contributed by atoms with Crippen LogP contribution < -0.4 is 11.1 Å². The zero-order chi connectivity index (χ0) is 14.5. The quantitative estimate of drug-likeness (QED) is 0.828. The van der Waals surface area contributed by atoms with E-state index in [4.69, 9.17) is 10.2 Å². The monoisotopic (exact) mass is 279 g/mol. The van der Waals surface area contributed by atoms with Gasteiger partial charge in [-0.3, -0.25) is 9.69 Å². The van der Waals surface area contributed by atoms with Gasteiger partial charge < -0.3 is 15.5 Å². The van der Waals surface area contributed by atoms with Crippen LogP contribution in [0.3, 0.4) is 0 Å². The zero-order valence-electron chi connectivity index (χ0n) is 12.3. The maximum Gasteiger partial charge on any atom is 0.237 e. The summed E-state index contributed by atoms with van der Waals surface area (Å²) < 4.78 is 5.52. The Hall–Kier alpha value is -1.33. The van der Waals surface area contributed by atoms with Gasteiger partial charge in [-0.25, -0.2) is 0 Å². The molecule has 0 bridgehead atoms. The van der Waals surface area contributed by atoms with E-state index in [2.05, 4.69) is 10.2 Å². The summed E-state index contributed by atoms with van der Waals surface area (Å²) in [7, 11) is 0. The van der Waals surface area contributed by atoms with Crippen molar-refractivity contribution in [2.75, 3.05) is 19.6 Å². The molecule has 2 heterocycles. The van der Waals surface area contributed by atoms with Crippen LogP contribution >= 0.6 is 0 Å². The van der Waals surface area contributed by atoms with E-state index in [1.54, 1.807) is 6.26 Å². The van der Waals surface area contributed by atoms with Gasteiger partial charge in [0.25, 0.3) is 0 Å². The molecule has 0 aromatic carbocycles. The lowest BCUT2D eigenvalue weighted by Crippen LogP contribution is -2.46. The first-order chi connectivity index (χ1) is 9.59. The summed E-state index contributed by atoms with van der Waals surface area (Å²) in [6, 6.07) is 3.51. The lowest BCUT2D eigenvalue weighted by molar-refractivity contribution is -0.123. The first-order valence-electron chi connectivity index (χ1n) is 7.40. The number of likely N-dealkylation sites (tertiary alicyclic amines) is 1. The molecule has 3 N–H and O–H groups in total. The molecule has 0 saturated carbocycles. The van der Waals surface area contributed by atoms with Gasteiger partial charge in [0.15, 0.2) is 0 Å². The lowest BCUT2D eigenvalue weighted by atomic mass is 10.0. The van der Waals surface area contributed by atoms with E-state index >= 15 is 0 Å². The molecule has 1 fully saturated rings. The summed E-state index contributed by atoms with van der Waals surface area (Å²) in [4.78, 5) is 14.3. The molecule has 2 rings (SSSR count). The smallest absolute Gasteiger partial charge is 0.237 e. The van der Waals surface area contributed by atoms with Gasteiger partial charge in [-0.1, -0.05) is 13.8 Å².